The summed E-state index contributed by atoms with van der Waals surface area (Å²) in [5.41, 5.74) is -0.133. The third-order valence-corrected chi connectivity index (χ3v) is 5.82. The van der Waals surface area contributed by atoms with E-state index in [0.29, 0.717) is 39.5 Å². The maximum Gasteiger partial charge on any atom is 0.251 e. The highest BCUT2D eigenvalue weighted by Gasteiger charge is 2.34. The number of aliphatic hydroxyl groups excluding tert-OH is 1. The number of piperazine rings is 1. The number of rotatable bonds is 4. The molecule has 3 heterocycles. The van der Waals surface area contributed by atoms with E-state index in [2.05, 4.69) is 15.2 Å². The van der Waals surface area contributed by atoms with Crippen LogP contribution < -0.4 is 5.32 Å². The lowest BCUT2D eigenvalue weighted by molar-refractivity contribution is -0.142. The molecule has 3 fully saturated rings. The normalized spacial score (nSPS) is 26.8. The van der Waals surface area contributed by atoms with Crippen molar-refractivity contribution < 1.29 is 19.4 Å². The summed E-state index contributed by atoms with van der Waals surface area (Å²) in [5.74, 6) is 0.972. The summed E-state index contributed by atoms with van der Waals surface area (Å²) in [5, 5.41) is 13.3. The minimum atomic E-state index is -0.239. The summed E-state index contributed by atoms with van der Waals surface area (Å²) in [6.45, 7) is 5.84. The number of carbonyl (C=O) groups is 1. The van der Waals surface area contributed by atoms with Crippen molar-refractivity contribution >= 4 is 11.9 Å². The minimum Gasteiger partial charge on any atom is -0.396 e. The Morgan fingerprint density at radius 3 is 2.46 bits per heavy atom. The quantitative estimate of drug-likeness (QED) is 0.522. The van der Waals surface area contributed by atoms with Crippen molar-refractivity contribution in [2.24, 2.45) is 10.4 Å². The van der Waals surface area contributed by atoms with Crippen LogP contribution in [0.2, 0.25) is 0 Å². The SMILES string of the molecule is CN=C(NCC1(CO)CCOCC1)N1CCN(C(=O)C2CCCO2)CC1. The van der Waals surface area contributed by atoms with Gasteiger partial charge in [0.15, 0.2) is 5.96 Å². The second-order valence-corrected chi connectivity index (χ2v) is 7.49. The molecule has 3 saturated heterocycles. The summed E-state index contributed by atoms with van der Waals surface area (Å²) >= 11 is 0. The second-order valence-electron chi connectivity index (χ2n) is 7.49. The Balaban J connectivity index is 1.48. The van der Waals surface area contributed by atoms with Gasteiger partial charge in [0, 0.05) is 65.0 Å². The molecule has 8 nitrogen and oxygen atoms in total. The number of aliphatic imine (C=N–C) groups is 1. The third kappa shape index (κ3) is 4.47. The molecule has 1 atom stereocenters. The van der Waals surface area contributed by atoms with E-state index in [4.69, 9.17) is 9.47 Å². The average molecular weight is 368 g/mol. The van der Waals surface area contributed by atoms with Gasteiger partial charge in [-0.25, -0.2) is 0 Å². The minimum absolute atomic E-state index is 0.131. The molecular formula is C18H32N4O4. The molecule has 8 heteroatoms. The molecule has 0 aromatic carbocycles. The first-order chi connectivity index (χ1) is 12.7. The average Bonchev–Trinajstić information content (AvgIpc) is 3.24. The van der Waals surface area contributed by atoms with Gasteiger partial charge in [-0.2, -0.15) is 0 Å². The molecule has 0 aromatic heterocycles. The smallest absolute Gasteiger partial charge is 0.251 e. The third-order valence-electron chi connectivity index (χ3n) is 5.82. The Bertz CT molecular complexity index is 493. The lowest BCUT2D eigenvalue weighted by atomic mass is 9.81. The molecule has 3 aliphatic heterocycles. The highest BCUT2D eigenvalue weighted by molar-refractivity contribution is 5.82. The van der Waals surface area contributed by atoms with Gasteiger partial charge in [0.25, 0.3) is 5.91 Å². The summed E-state index contributed by atoms with van der Waals surface area (Å²) in [4.78, 5) is 21.0. The molecule has 0 bridgehead atoms. The van der Waals surface area contributed by atoms with Gasteiger partial charge in [-0.1, -0.05) is 0 Å². The molecule has 0 saturated carbocycles. The van der Waals surface area contributed by atoms with Gasteiger partial charge >= 0.3 is 0 Å². The van der Waals surface area contributed by atoms with Crippen molar-refractivity contribution in [3.8, 4) is 0 Å². The van der Waals surface area contributed by atoms with E-state index in [1.807, 2.05) is 4.90 Å². The molecule has 3 aliphatic rings. The fraction of sp³-hybridized carbons (Fsp3) is 0.889. The Labute approximate surface area is 155 Å². The van der Waals surface area contributed by atoms with Gasteiger partial charge in [-0.15, -0.1) is 0 Å². The Morgan fingerprint density at radius 1 is 1.19 bits per heavy atom. The number of aliphatic hydroxyl groups is 1. The Kier molecular flexibility index (Phi) is 6.72. The van der Waals surface area contributed by atoms with Crippen LogP contribution in [0.3, 0.4) is 0 Å². The summed E-state index contributed by atoms with van der Waals surface area (Å²) in [7, 11) is 1.78. The number of carbonyl (C=O) groups excluding carboxylic acids is 1. The van der Waals surface area contributed by atoms with Crippen molar-refractivity contribution in [2.45, 2.75) is 31.8 Å². The summed E-state index contributed by atoms with van der Waals surface area (Å²) < 4.78 is 10.9. The van der Waals surface area contributed by atoms with E-state index in [0.717, 1.165) is 44.7 Å². The molecule has 0 aromatic rings. The number of nitrogens with one attached hydrogen (secondary N) is 1. The molecular weight excluding hydrogens is 336 g/mol. The van der Waals surface area contributed by atoms with E-state index in [1.165, 1.54) is 0 Å². The monoisotopic (exact) mass is 368 g/mol. The predicted octanol–water partition coefficient (Wildman–Crippen LogP) is -0.326. The van der Waals surface area contributed by atoms with Crippen LogP contribution in [0, 0.1) is 5.41 Å². The van der Waals surface area contributed by atoms with Gasteiger partial charge in [0.2, 0.25) is 0 Å². The van der Waals surface area contributed by atoms with Crippen molar-refractivity contribution in [3.63, 3.8) is 0 Å². The second kappa shape index (κ2) is 9.01. The van der Waals surface area contributed by atoms with Crippen molar-refractivity contribution in [3.05, 3.63) is 0 Å². The number of amides is 1. The fourth-order valence-corrected chi connectivity index (χ4v) is 3.91. The molecule has 1 unspecified atom stereocenters. The molecule has 1 amide bonds. The van der Waals surface area contributed by atoms with Gasteiger partial charge in [-0.3, -0.25) is 9.79 Å². The first-order valence-electron chi connectivity index (χ1n) is 9.72. The first kappa shape index (κ1) is 19.4. The largest absolute Gasteiger partial charge is 0.396 e. The summed E-state index contributed by atoms with van der Waals surface area (Å²) in [6.07, 6.45) is 3.30. The van der Waals surface area contributed by atoms with Gasteiger partial charge in [-0.05, 0) is 25.7 Å². The highest BCUT2D eigenvalue weighted by atomic mass is 16.5. The van der Waals surface area contributed by atoms with Crippen molar-refractivity contribution in [2.75, 3.05) is 66.2 Å². The number of ether oxygens (including phenoxy) is 2. The zero-order valence-electron chi connectivity index (χ0n) is 15.8. The van der Waals surface area contributed by atoms with Crippen LogP contribution in [-0.4, -0.2) is 99.1 Å². The first-order valence-corrected chi connectivity index (χ1v) is 9.72. The molecule has 26 heavy (non-hydrogen) atoms. The van der Waals surface area contributed by atoms with Gasteiger partial charge in [0.1, 0.15) is 6.10 Å². The highest BCUT2D eigenvalue weighted by Crippen LogP contribution is 2.29. The predicted molar refractivity (Wildman–Crippen MR) is 98.1 cm³/mol. The molecule has 0 spiro atoms. The van der Waals surface area contributed by atoms with Crippen LogP contribution >= 0.6 is 0 Å². The maximum absolute atomic E-state index is 12.5. The van der Waals surface area contributed by atoms with Crippen LogP contribution in [0.1, 0.15) is 25.7 Å². The lowest BCUT2D eigenvalue weighted by Gasteiger charge is -2.40. The van der Waals surface area contributed by atoms with E-state index >= 15 is 0 Å². The molecule has 3 rings (SSSR count). The molecule has 148 valence electrons. The molecule has 0 radical (unpaired) electrons. The van der Waals surface area contributed by atoms with E-state index in [1.54, 1.807) is 7.05 Å². The standard InChI is InChI=1S/C18H32N4O4/c1-19-17(20-13-18(14-23)4-11-25-12-5-18)22-8-6-21(7-9-22)16(24)15-3-2-10-26-15/h15,23H,2-14H2,1H3,(H,19,20). The summed E-state index contributed by atoms with van der Waals surface area (Å²) in [6, 6.07) is 0. The van der Waals surface area contributed by atoms with Gasteiger partial charge in [0.05, 0.1) is 6.61 Å². The van der Waals surface area contributed by atoms with Crippen LogP contribution in [-0.2, 0) is 14.3 Å². The van der Waals surface area contributed by atoms with Crippen LogP contribution in [0.4, 0.5) is 0 Å². The lowest BCUT2D eigenvalue weighted by Crippen LogP contribution is -2.56. The number of hydrogen-bond acceptors (Lipinski definition) is 5. The van der Waals surface area contributed by atoms with E-state index in [-0.39, 0.29) is 24.0 Å². The maximum atomic E-state index is 12.5. The molecule has 2 N–H and O–H groups in total. The van der Waals surface area contributed by atoms with E-state index < -0.39 is 0 Å². The van der Waals surface area contributed by atoms with Crippen molar-refractivity contribution in [1.29, 1.82) is 0 Å². The van der Waals surface area contributed by atoms with Crippen LogP contribution in [0.5, 0.6) is 0 Å². The number of hydrogen-bond donors (Lipinski definition) is 2. The van der Waals surface area contributed by atoms with Gasteiger partial charge < -0.3 is 29.7 Å². The zero-order valence-corrected chi connectivity index (χ0v) is 15.8. The number of guanidine groups is 1. The fourth-order valence-electron chi connectivity index (χ4n) is 3.91. The topological polar surface area (TPSA) is 86.6 Å². The van der Waals surface area contributed by atoms with Crippen LogP contribution in [0.15, 0.2) is 4.99 Å². The Morgan fingerprint density at radius 2 is 1.88 bits per heavy atom. The zero-order chi connectivity index (χ0) is 18.4. The number of nitrogens with zero attached hydrogens (tertiary/aromatic N) is 3. The van der Waals surface area contributed by atoms with E-state index in [9.17, 15) is 9.90 Å². The van der Waals surface area contributed by atoms with Crippen molar-refractivity contribution in [1.82, 2.24) is 15.1 Å². The van der Waals surface area contributed by atoms with Crippen LogP contribution in [0.25, 0.3) is 0 Å². The molecule has 0 aliphatic carbocycles. The Hall–Kier alpha value is -1.38.